The van der Waals surface area contributed by atoms with Crippen molar-refractivity contribution < 1.29 is 0 Å². The van der Waals surface area contributed by atoms with Crippen molar-refractivity contribution in [3.8, 4) is 6.07 Å². The summed E-state index contributed by atoms with van der Waals surface area (Å²) >= 11 is 6.04. The van der Waals surface area contributed by atoms with E-state index in [9.17, 15) is 5.26 Å². The van der Waals surface area contributed by atoms with Crippen LogP contribution >= 0.6 is 11.6 Å². The summed E-state index contributed by atoms with van der Waals surface area (Å²) in [7, 11) is 1.89. The van der Waals surface area contributed by atoms with Crippen molar-refractivity contribution in [3.05, 3.63) is 52.3 Å². The maximum Gasteiger partial charge on any atom is 0.0994 e. The Hall–Kier alpha value is -1.79. The van der Waals surface area contributed by atoms with Gasteiger partial charge in [-0.25, -0.2) is 0 Å². The topological polar surface area (TPSA) is 41.6 Å². The van der Waals surface area contributed by atoms with Gasteiger partial charge in [0.15, 0.2) is 0 Å². The maximum absolute atomic E-state index is 9.19. The average molecular weight is 260 g/mol. The highest BCUT2D eigenvalue weighted by Gasteiger charge is 2.17. The van der Waals surface area contributed by atoms with Gasteiger partial charge in [-0.05, 0) is 35.7 Å². The van der Waals surface area contributed by atoms with Gasteiger partial charge in [0.25, 0.3) is 0 Å². The second-order valence-electron chi connectivity index (χ2n) is 4.25. The number of aromatic nitrogens is 2. The van der Waals surface area contributed by atoms with Crippen LogP contribution in [-0.4, -0.2) is 9.78 Å². The van der Waals surface area contributed by atoms with Gasteiger partial charge < -0.3 is 0 Å². The number of nitrogens with zero attached hydrogens (tertiary/aromatic N) is 3. The molecular weight excluding hydrogens is 246 g/mol. The van der Waals surface area contributed by atoms with Crippen LogP contribution in [0.4, 0.5) is 0 Å². The van der Waals surface area contributed by atoms with E-state index < -0.39 is 0 Å². The van der Waals surface area contributed by atoms with Crippen LogP contribution in [0.2, 0.25) is 5.02 Å². The van der Waals surface area contributed by atoms with Gasteiger partial charge in [0.05, 0.1) is 17.8 Å². The summed E-state index contributed by atoms with van der Waals surface area (Å²) in [6, 6.07) is 7.63. The second kappa shape index (κ2) is 5.24. The van der Waals surface area contributed by atoms with Crippen LogP contribution in [0.15, 0.2) is 30.6 Å². The van der Waals surface area contributed by atoms with Crippen LogP contribution in [0, 0.1) is 11.3 Å². The number of aryl methyl sites for hydroxylation is 1. The average Bonchev–Trinajstić information content (AvgIpc) is 2.77. The van der Waals surface area contributed by atoms with Crippen molar-refractivity contribution in [2.75, 3.05) is 0 Å². The molecule has 1 heterocycles. The zero-order chi connectivity index (χ0) is 13.1. The summed E-state index contributed by atoms with van der Waals surface area (Å²) < 4.78 is 1.77. The van der Waals surface area contributed by atoms with Crippen molar-refractivity contribution in [2.24, 2.45) is 7.05 Å². The Labute approximate surface area is 112 Å². The first-order chi connectivity index (χ1) is 8.65. The third kappa shape index (κ3) is 2.39. The Morgan fingerprint density at radius 3 is 2.83 bits per heavy atom. The fraction of sp³-hybridized carbons (Fsp3) is 0.286. The number of benzene rings is 1. The Kier molecular flexibility index (Phi) is 3.69. The SMILES string of the molecule is CC[C@@H](c1cnn(C)c1)c1cc(Cl)ccc1C#N. The van der Waals surface area contributed by atoms with Crippen molar-refractivity contribution in [3.63, 3.8) is 0 Å². The summed E-state index contributed by atoms with van der Waals surface area (Å²) in [5, 5.41) is 14.0. The summed E-state index contributed by atoms with van der Waals surface area (Å²) in [6.45, 7) is 2.10. The van der Waals surface area contributed by atoms with Gasteiger partial charge in [0, 0.05) is 24.2 Å². The molecule has 2 rings (SSSR count). The lowest BCUT2D eigenvalue weighted by Crippen LogP contribution is -2.01. The predicted octanol–water partition coefficient (Wildman–Crippen LogP) is 3.49. The minimum Gasteiger partial charge on any atom is -0.276 e. The molecule has 3 nitrogen and oxygen atoms in total. The molecule has 0 N–H and O–H groups in total. The third-order valence-corrected chi connectivity index (χ3v) is 3.28. The molecule has 0 aliphatic rings. The Morgan fingerprint density at radius 1 is 1.50 bits per heavy atom. The van der Waals surface area contributed by atoms with Gasteiger partial charge in [-0.1, -0.05) is 18.5 Å². The van der Waals surface area contributed by atoms with Crippen molar-refractivity contribution in [1.29, 1.82) is 5.26 Å². The van der Waals surface area contributed by atoms with Gasteiger partial charge in [-0.3, -0.25) is 4.68 Å². The van der Waals surface area contributed by atoms with E-state index in [4.69, 9.17) is 11.6 Å². The Balaban J connectivity index is 2.51. The molecule has 0 aliphatic heterocycles. The standard InChI is InChI=1S/C14H14ClN3/c1-3-13(11-8-17-18(2)9-11)14-6-12(15)5-4-10(14)7-16/h4-6,8-9,13H,3H2,1-2H3/t13-/m0/s1. The molecule has 18 heavy (non-hydrogen) atoms. The molecule has 0 aliphatic carbocycles. The number of nitriles is 1. The van der Waals surface area contributed by atoms with E-state index in [1.807, 2.05) is 25.5 Å². The molecule has 1 aromatic carbocycles. The lowest BCUT2D eigenvalue weighted by atomic mass is 9.88. The highest BCUT2D eigenvalue weighted by atomic mass is 35.5. The van der Waals surface area contributed by atoms with E-state index in [1.54, 1.807) is 16.8 Å². The molecule has 0 saturated carbocycles. The van der Waals surface area contributed by atoms with E-state index in [1.165, 1.54) is 0 Å². The fourth-order valence-electron chi connectivity index (χ4n) is 2.18. The Morgan fingerprint density at radius 2 is 2.28 bits per heavy atom. The molecule has 0 fully saturated rings. The molecule has 0 amide bonds. The van der Waals surface area contributed by atoms with E-state index in [-0.39, 0.29) is 5.92 Å². The summed E-state index contributed by atoms with van der Waals surface area (Å²) in [5.74, 6) is 0.159. The summed E-state index contributed by atoms with van der Waals surface area (Å²) in [4.78, 5) is 0. The second-order valence-corrected chi connectivity index (χ2v) is 4.69. The van der Waals surface area contributed by atoms with Gasteiger partial charge in [-0.15, -0.1) is 0 Å². The highest BCUT2D eigenvalue weighted by molar-refractivity contribution is 6.30. The largest absolute Gasteiger partial charge is 0.276 e. The minimum atomic E-state index is 0.159. The highest BCUT2D eigenvalue weighted by Crippen LogP contribution is 2.31. The molecular formula is C14H14ClN3. The molecule has 0 bridgehead atoms. The molecule has 1 aromatic heterocycles. The van der Waals surface area contributed by atoms with E-state index >= 15 is 0 Å². The number of halogens is 1. The van der Waals surface area contributed by atoms with E-state index in [0.717, 1.165) is 17.5 Å². The van der Waals surface area contributed by atoms with Crippen LogP contribution in [0.1, 0.15) is 36.0 Å². The van der Waals surface area contributed by atoms with Gasteiger partial charge in [-0.2, -0.15) is 10.4 Å². The summed E-state index contributed by atoms with van der Waals surface area (Å²) in [6.07, 6.45) is 4.73. The molecule has 1 atom stereocenters. The normalized spacial score (nSPS) is 12.1. The number of hydrogen-bond acceptors (Lipinski definition) is 2. The summed E-state index contributed by atoms with van der Waals surface area (Å²) in [5.41, 5.74) is 2.76. The van der Waals surface area contributed by atoms with Crippen LogP contribution in [0.5, 0.6) is 0 Å². The Bertz CT molecular complexity index is 595. The predicted molar refractivity (Wildman–Crippen MR) is 71.5 cm³/mol. The van der Waals surface area contributed by atoms with Crippen molar-refractivity contribution in [1.82, 2.24) is 9.78 Å². The molecule has 4 heteroatoms. The first kappa shape index (κ1) is 12.7. The monoisotopic (exact) mass is 259 g/mol. The molecule has 92 valence electrons. The lowest BCUT2D eigenvalue weighted by Gasteiger charge is -2.15. The molecule has 0 spiro atoms. The van der Waals surface area contributed by atoms with Gasteiger partial charge >= 0.3 is 0 Å². The smallest absolute Gasteiger partial charge is 0.0994 e. The van der Waals surface area contributed by atoms with Crippen LogP contribution in [-0.2, 0) is 7.05 Å². The fourth-order valence-corrected chi connectivity index (χ4v) is 2.36. The zero-order valence-corrected chi connectivity index (χ0v) is 11.1. The van der Waals surface area contributed by atoms with Crippen LogP contribution in [0.25, 0.3) is 0 Å². The third-order valence-electron chi connectivity index (χ3n) is 3.04. The van der Waals surface area contributed by atoms with Crippen LogP contribution < -0.4 is 0 Å². The molecule has 2 aromatic rings. The van der Waals surface area contributed by atoms with Crippen LogP contribution in [0.3, 0.4) is 0 Å². The van der Waals surface area contributed by atoms with Gasteiger partial charge in [0.2, 0.25) is 0 Å². The minimum absolute atomic E-state index is 0.159. The number of rotatable bonds is 3. The maximum atomic E-state index is 9.19. The first-order valence-electron chi connectivity index (χ1n) is 5.83. The molecule has 0 saturated heterocycles. The first-order valence-corrected chi connectivity index (χ1v) is 6.21. The molecule has 0 unspecified atom stereocenters. The molecule has 0 radical (unpaired) electrons. The van der Waals surface area contributed by atoms with Crippen molar-refractivity contribution >= 4 is 11.6 Å². The van der Waals surface area contributed by atoms with Crippen molar-refractivity contribution in [2.45, 2.75) is 19.3 Å². The van der Waals surface area contributed by atoms with E-state index in [2.05, 4.69) is 18.1 Å². The van der Waals surface area contributed by atoms with Gasteiger partial charge in [0.1, 0.15) is 0 Å². The number of hydrogen-bond donors (Lipinski definition) is 0. The quantitative estimate of drug-likeness (QED) is 0.847. The van der Waals surface area contributed by atoms with E-state index in [0.29, 0.717) is 10.6 Å². The lowest BCUT2D eigenvalue weighted by molar-refractivity contribution is 0.755. The zero-order valence-electron chi connectivity index (χ0n) is 10.4.